The highest BCUT2D eigenvalue weighted by Crippen LogP contribution is 2.62. The van der Waals surface area contributed by atoms with E-state index in [1.807, 2.05) is 25.1 Å². The summed E-state index contributed by atoms with van der Waals surface area (Å²) in [6.07, 6.45) is 12.6. The van der Waals surface area contributed by atoms with Crippen molar-refractivity contribution in [3.8, 4) is 11.5 Å². The molecule has 1 amide bonds. The van der Waals surface area contributed by atoms with Crippen molar-refractivity contribution >= 4 is 17.5 Å². The fourth-order valence-corrected chi connectivity index (χ4v) is 8.72. The van der Waals surface area contributed by atoms with E-state index in [9.17, 15) is 25.1 Å². The minimum absolute atomic E-state index is 0.0214. The maximum Gasteiger partial charge on any atom is 0.410 e. The van der Waals surface area contributed by atoms with Gasteiger partial charge >= 0.3 is 6.09 Å². The van der Waals surface area contributed by atoms with E-state index in [4.69, 9.17) is 28.9 Å². The van der Waals surface area contributed by atoms with Crippen LogP contribution in [0.4, 0.5) is 10.5 Å². The van der Waals surface area contributed by atoms with Gasteiger partial charge in [-0.25, -0.2) is 4.79 Å². The molecule has 2 N–H and O–H groups in total. The Bertz CT molecular complexity index is 1780. The summed E-state index contributed by atoms with van der Waals surface area (Å²) in [6, 6.07) is 11.2. The van der Waals surface area contributed by atoms with Gasteiger partial charge in [0, 0.05) is 49.8 Å². The molecule has 58 heavy (non-hydrogen) atoms. The van der Waals surface area contributed by atoms with Gasteiger partial charge in [0.1, 0.15) is 30.8 Å². The molecule has 2 aromatic carbocycles. The van der Waals surface area contributed by atoms with Crippen molar-refractivity contribution in [3.05, 3.63) is 113 Å². The largest absolute Gasteiger partial charge is 0.490 e. The number of amides is 1. The number of carbonyl (C=O) groups excluding carboxylic acids is 1. The van der Waals surface area contributed by atoms with Crippen molar-refractivity contribution in [2.24, 2.45) is 22.9 Å². The van der Waals surface area contributed by atoms with Gasteiger partial charge < -0.3 is 34.0 Å². The number of ether oxygens (including phenoxy) is 4. The molecule has 6 unspecified atom stereocenters. The lowest BCUT2D eigenvalue weighted by Crippen LogP contribution is -2.70. The average Bonchev–Trinajstić information content (AvgIpc) is 3.23. The van der Waals surface area contributed by atoms with Crippen molar-refractivity contribution < 1.29 is 43.7 Å². The Morgan fingerprint density at radius 1 is 1.03 bits per heavy atom. The molecule has 314 valence electrons. The summed E-state index contributed by atoms with van der Waals surface area (Å²) in [6.45, 7) is 14.8. The lowest BCUT2D eigenvalue weighted by Gasteiger charge is -2.59. The van der Waals surface area contributed by atoms with Crippen molar-refractivity contribution in [2.45, 2.75) is 89.1 Å². The molecule has 0 bridgehead atoms. The summed E-state index contributed by atoms with van der Waals surface area (Å²) < 4.78 is 26.1. The van der Waals surface area contributed by atoms with E-state index in [2.05, 4.69) is 25.8 Å². The molecule has 3 aliphatic rings. The van der Waals surface area contributed by atoms with E-state index < -0.39 is 28.8 Å². The summed E-state index contributed by atoms with van der Waals surface area (Å²) in [4.78, 5) is 32.8. The SMILES string of the molecule is C=CCCOC(=O)N(CCC)C1CC(=NOCc2ccc([N+](=O)[O-])cc2)C2=CC(CCCCO)C(CCCCO)C3c4cc(OCC=C)ccc4OC1(OCC=C)C23. The van der Waals surface area contributed by atoms with Crippen LogP contribution in [0.3, 0.4) is 0 Å². The molecule has 0 spiro atoms. The van der Waals surface area contributed by atoms with Crippen LogP contribution >= 0.6 is 0 Å². The summed E-state index contributed by atoms with van der Waals surface area (Å²) in [5.41, 5.74) is 3.14. The van der Waals surface area contributed by atoms with Crippen molar-refractivity contribution in [1.82, 2.24) is 4.90 Å². The molecular weight excluding hydrogens is 743 g/mol. The summed E-state index contributed by atoms with van der Waals surface area (Å²) in [7, 11) is 0. The monoisotopic (exact) mass is 801 g/mol. The van der Waals surface area contributed by atoms with Gasteiger partial charge in [0.15, 0.2) is 0 Å². The lowest BCUT2D eigenvalue weighted by atomic mass is 9.55. The highest BCUT2D eigenvalue weighted by molar-refractivity contribution is 6.03. The van der Waals surface area contributed by atoms with E-state index in [-0.39, 0.29) is 62.9 Å². The van der Waals surface area contributed by atoms with Crippen LogP contribution < -0.4 is 9.47 Å². The Labute approximate surface area is 341 Å². The highest BCUT2D eigenvalue weighted by Gasteiger charge is 2.65. The molecule has 13 heteroatoms. The Morgan fingerprint density at radius 2 is 1.78 bits per heavy atom. The standard InChI is InChI=1S/C45H59N3O10/c1-5-9-27-55-44(51)47(22-6-2)41-30-39(46-57-31-32-16-18-34(19-17-32)48(52)53)37-28-33(14-10-12-23-49)36(15-11-13-24-50)42-38-29-35(54-25-7-3)20-21-40(38)58-45(41,43(37)42)56-26-8-4/h5,7-8,16-21,28-29,33,36,41-43,49-50H,1,3-4,6,9-15,22-27,30-31H2,2H3. The zero-order chi connectivity index (χ0) is 41.5. The quantitative estimate of drug-likeness (QED) is 0.0456. The topological polar surface area (TPSA) is 162 Å². The minimum Gasteiger partial charge on any atom is -0.490 e. The lowest BCUT2D eigenvalue weighted by molar-refractivity contribution is -0.384. The summed E-state index contributed by atoms with van der Waals surface area (Å²) in [5, 5.41) is 35.8. The molecule has 2 aromatic rings. The van der Waals surface area contributed by atoms with Gasteiger partial charge in [0.2, 0.25) is 5.79 Å². The van der Waals surface area contributed by atoms with Gasteiger partial charge in [0.05, 0.1) is 29.8 Å². The molecule has 2 aliphatic carbocycles. The number of rotatable bonds is 24. The molecule has 0 aromatic heterocycles. The second kappa shape index (κ2) is 21.7. The van der Waals surface area contributed by atoms with Gasteiger partial charge in [-0.15, -0.1) is 13.2 Å². The van der Waals surface area contributed by atoms with Crippen molar-refractivity contribution in [1.29, 1.82) is 0 Å². The number of nitro groups is 1. The number of allylic oxidation sites excluding steroid dienone is 1. The molecule has 5 rings (SSSR count). The second-order valence-electron chi connectivity index (χ2n) is 15.0. The fraction of sp³-hybridized carbons (Fsp3) is 0.511. The molecule has 0 radical (unpaired) electrons. The van der Waals surface area contributed by atoms with Crippen LogP contribution in [0.2, 0.25) is 0 Å². The number of carbonyl (C=O) groups is 1. The number of aliphatic hydroxyl groups excluding tert-OH is 2. The zero-order valence-corrected chi connectivity index (χ0v) is 33.7. The smallest absolute Gasteiger partial charge is 0.410 e. The van der Waals surface area contributed by atoms with Gasteiger partial charge in [-0.1, -0.05) is 55.8 Å². The average molecular weight is 802 g/mol. The van der Waals surface area contributed by atoms with E-state index in [0.29, 0.717) is 61.6 Å². The van der Waals surface area contributed by atoms with Crippen molar-refractivity contribution in [2.75, 3.05) is 39.6 Å². The Kier molecular flexibility index (Phi) is 16.5. The normalized spacial score (nSPS) is 23.7. The molecule has 0 saturated heterocycles. The third-order valence-corrected chi connectivity index (χ3v) is 11.2. The predicted molar refractivity (Wildman–Crippen MR) is 222 cm³/mol. The van der Waals surface area contributed by atoms with Crippen molar-refractivity contribution in [3.63, 3.8) is 0 Å². The first-order valence-corrected chi connectivity index (χ1v) is 20.5. The third kappa shape index (κ3) is 10.2. The molecule has 1 saturated carbocycles. The van der Waals surface area contributed by atoms with Gasteiger partial charge in [-0.05, 0) is 91.8 Å². The van der Waals surface area contributed by atoms with Gasteiger partial charge in [-0.3, -0.25) is 15.0 Å². The number of nitro benzene ring substituents is 1. The van der Waals surface area contributed by atoms with E-state index >= 15 is 0 Å². The molecule has 1 heterocycles. The van der Waals surface area contributed by atoms with Crippen LogP contribution in [0.15, 0.2) is 97.2 Å². The predicted octanol–water partition coefficient (Wildman–Crippen LogP) is 8.42. The van der Waals surface area contributed by atoms with E-state index in [1.165, 1.54) is 12.1 Å². The number of non-ortho nitro benzene ring substituents is 1. The number of hydrogen-bond donors (Lipinski definition) is 2. The Balaban J connectivity index is 1.74. The highest BCUT2D eigenvalue weighted by atomic mass is 16.7. The number of oxime groups is 1. The molecule has 1 fully saturated rings. The molecule has 1 aliphatic heterocycles. The molecular formula is C45H59N3O10. The first-order chi connectivity index (χ1) is 28.3. The zero-order valence-electron chi connectivity index (χ0n) is 33.7. The molecule has 6 atom stereocenters. The number of fused-ring (bicyclic) bond motifs is 2. The van der Waals surface area contributed by atoms with Crippen LogP contribution in [-0.2, 0) is 20.9 Å². The summed E-state index contributed by atoms with van der Waals surface area (Å²) >= 11 is 0. The van der Waals surface area contributed by atoms with Crippen LogP contribution in [0, 0.1) is 27.9 Å². The van der Waals surface area contributed by atoms with E-state index in [0.717, 1.165) is 36.8 Å². The van der Waals surface area contributed by atoms with Gasteiger partial charge in [0.25, 0.3) is 5.69 Å². The molecule has 13 nitrogen and oxygen atoms in total. The third-order valence-electron chi connectivity index (χ3n) is 11.2. The Morgan fingerprint density at radius 3 is 2.45 bits per heavy atom. The number of nitrogens with zero attached hydrogens (tertiary/aromatic N) is 3. The Hall–Kier alpha value is -4.98. The van der Waals surface area contributed by atoms with E-state index in [1.54, 1.807) is 35.3 Å². The van der Waals surface area contributed by atoms with Crippen LogP contribution in [0.1, 0.15) is 81.8 Å². The fourth-order valence-electron chi connectivity index (χ4n) is 8.72. The number of hydrogen-bond acceptors (Lipinski definition) is 11. The number of aliphatic hydroxyl groups is 2. The maximum absolute atomic E-state index is 14.2. The van der Waals surface area contributed by atoms with Gasteiger partial charge in [-0.2, -0.15) is 0 Å². The minimum atomic E-state index is -1.42. The van der Waals surface area contributed by atoms with Crippen LogP contribution in [0.25, 0.3) is 0 Å². The number of benzene rings is 2. The van der Waals surface area contributed by atoms with Crippen LogP contribution in [-0.4, -0.2) is 83.2 Å². The first kappa shape index (κ1) is 44.1. The first-order valence-electron chi connectivity index (χ1n) is 20.5. The number of unbranched alkanes of at least 4 members (excludes halogenated alkanes) is 2. The maximum atomic E-state index is 14.2. The van der Waals surface area contributed by atoms with Crippen LogP contribution in [0.5, 0.6) is 11.5 Å². The summed E-state index contributed by atoms with van der Waals surface area (Å²) in [5.74, 6) is -0.760. The second-order valence-corrected chi connectivity index (χ2v) is 15.0.